The van der Waals surface area contributed by atoms with Crippen LogP contribution in [0.4, 0.5) is 16.5 Å². The number of aryl methyl sites for hydroxylation is 1. The van der Waals surface area contributed by atoms with E-state index in [9.17, 15) is 15.2 Å². The topological polar surface area (TPSA) is 111 Å². The molecule has 4 aromatic rings. The molecule has 3 aromatic carbocycles. The Morgan fingerprint density at radius 3 is 2.41 bits per heavy atom. The van der Waals surface area contributed by atoms with E-state index in [2.05, 4.69) is 10.4 Å². The van der Waals surface area contributed by atoms with E-state index >= 15 is 0 Å². The first-order valence-corrected chi connectivity index (χ1v) is 10.7. The Labute approximate surface area is 205 Å². The standard InChI is InChI=1S/C23H20N4O5S.ClH/c1-14-9-10-19(31-2)18(11-14)24-23-25-26(15-7-5-4-6-8-15)22(33-23)17-12-16(27(29)30)13-20(32-3)21(17)28;/h4-13H,1-3H3,(H,24,25);1H. The first-order valence-electron chi connectivity index (χ1n) is 9.87. The number of non-ortho nitro benzene ring substituents is 1. The molecule has 1 heterocycles. The predicted molar refractivity (Wildman–Crippen MR) is 125 cm³/mol. The molecule has 2 N–H and O–H groups in total. The number of phenols is 1. The number of methoxy groups -OCH3 is 2. The fourth-order valence-electron chi connectivity index (χ4n) is 3.31. The number of aromatic hydroxyl groups is 1. The molecule has 34 heavy (non-hydrogen) atoms. The summed E-state index contributed by atoms with van der Waals surface area (Å²) in [4.78, 5) is 11.0. The maximum atomic E-state index is 11.5. The van der Waals surface area contributed by atoms with Gasteiger partial charge in [-0.15, -0.1) is 0 Å². The van der Waals surface area contributed by atoms with E-state index in [0.29, 0.717) is 15.9 Å². The van der Waals surface area contributed by atoms with Crippen molar-refractivity contribution >= 4 is 27.8 Å². The highest BCUT2D eigenvalue weighted by Crippen LogP contribution is 2.42. The number of aromatic nitrogens is 2. The lowest BCUT2D eigenvalue weighted by Gasteiger charge is -2.08. The molecule has 0 amide bonds. The fraction of sp³-hybridized carbons (Fsp3) is 0.130. The second-order valence-electron chi connectivity index (χ2n) is 7.09. The Bertz CT molecular complexity index is 1330. The van der Waals surface area contributed by atoms with Crippen LogP contribution in [-0.4, -0.2) is 29.3 Å². The van der Waals surface area contributed by atoms with Crippen molar-refractivity contribution < 1.29 is 36.6 Å². The van der Waals surface area contributed by atoms with Crippen LogP contribution in [0.5, 0.6) is 17.2 Å². The van der Waals surface area contributed by atoms with Gasteiger partial charge in [0.25, 0.3) is 10.8 Å². The molecule has 1 aromatic heterocycles. The van der Waals surface area contributed by atoms with Crippen molar-refractivity contribution in [2.24, 2.45) is 0 Å². The van der Waals surface area contributed by atoms with Gasteiger partial charge >= 0.3 is 5.01 Å². The number of anilines is 2. The third kappa shape index (κ3) is 4.87. The van der Waals surface area contributed by atoms with E-state index in [4.69, 9.17) is 9.47 Å². The van der Waals surface area contributed by atoms with Crippen LogP contribution in [0.1, 0.15) is 5.56 Å². The smallest absolute Gasteiger partial charge is 0.309 e. The highest BCUT2D eigenvalue weighted by atomic mass is 35.5. The average Bonchev–Trinajstić information content (AvgIpc) is 3.23. The minimum atomic E-state index is -0.532. The minimum Gasteiger partial charge on any atom is -1.00 e. The third-order valence-electron chi connectivity index (χ3n) is 4.89. The lowest BCUT2D eigenvalue weighted by molar-refractivity contribution is -0.642. The summed E-state index contributed by atoms with van der Waals surface area (Å²) in [5.74, 6) is 0.432. The van der Waals surface area contributed by atoms with Crippen molar-refractivity contribution in [2.45, 2.75) is 6.92 Å². The molecular weight excluding hydrogens is 480 g/mol. The van der Waals surface area contributed by atoms with Crippen molar-refractivity contribution in [1.82, 2.24) is 5.10 Å². The van der Waals surface area contributed by atoms with Crippen LogP contribution in [0, 0.1) is 17.0 Å². The molecule has 0 aliphatic rings. The summed E-state index contributed by atoms with van der Waals surface area (Å²) in [6.07, 6.45) is 0. The van der Waals surface area contributed by atoms with Gasteiger partial charge < -0.3 is 32.3 Å². The molecule has 9 nitrogen and oxygen atoms in total. The Morgan fingerprint density at radius 1 is 1.06 bits per heavy atom. The summed E-state index contributed by atoms with van der Waals surface area (Å²) < 4.78 is 12.2. The van der Waals surface area contributed by atoms with Crippen LogP contribution in [-0.2, 0) is 0 Å². The van der Waals surface area contributed by atoms with Crippen molar-refractivity contribution in [1.29, 1.82) is 0 Å². The number of phenolic OH excluding ortho intramolecular Hbond substituents is 1. The largest absolute Gasteiger partial charge is 1.00 e. The van der Waals surface area contributed by atoms with Crippen molar-refractivity contribution in [3.63, 3.8) is 0 Å². The van der Waals surface area contributed by atoms with Crippen molar-refractivity contribution in [3.8, 4) is 33.5 Å². The van der Waals surface area contributed by atoms with Crippen LogP contribution in [0.3, 0.4) is 0 Å². The van der Waals surface area contributed by atoms with Gasteiger partial charge in [-0.1, -0.05) is 24.3 Å². The second kappa shape index (κ2) is 10.4. The molecule has 0 aliphatic carbocycles. The van der Waals surface area contributed by atoms with Crippen LogP contribution >= 0.6 is 11.3 Å². The van der Waals surface area contributed by atoms with E-state index in [1.54, 1.807) is 11.8 Å². The summed E-state index contributed by atoms with van der Waals surface area (Å²) in [5.41, 5.74) is 2.50. The van der Waals surface area contributed by atoms with Gasteiger partial charge in [0.2, 0.25) is 5.69 Å². The predicted octanol–water partition coefficient (Wildman–Crippen LogP) is 1.77. The lowest BCUT2D eigenvalue weighted by atomic mass is 10.1. The number of rotatable bonds is 7. The van der Waals surface area contributed by atoms with Gasteiger partial charge in [-0.3, -0.25) is 10.1 Å². The monoisotopic (exact) mass is 500 g/mol. The Morgan fingerprint density at radius 2 is 1.76 bits per heavy atom. The third-order valence-corrected chi connectivity index (χ3v) is 5.86. The van der Waals surface area contributed by atoms with E-state index in [1.807, 2.05) is 55.5 Å². The Kier molecular flexibility index (Phi) is 7.54. The Hall–Kier alpha value is -3.89. The number of hydrogen-bond donors (Lipinski definition) is 2. The number of nitro groups is 1. The van der Waals surface area contributed by atoms with Crippen molar-refractivity contribution in [3.05, 3.63) is 76.3 Å². The average molecular weight is 501 g/mol. The van der Waals surface area contributed by atoms with Gasteiger partial charge in [-0.05, 0) is 40.6 Å². The van der Waals surface area contributed by atoms with E-state index in [0.717, 1.165) is 16.9 Å². The first kappa shape index (κ1) is 24.7. The maximum Gasteiger partial charge on any atom is 0.309 e. The number of para-hydroxylation sites is 1. The second-order valence-corrected chi connectivity index (χ2v) is 8.07. The molecule has 0 bridgehead atoms. The molecule has 0 spiro atoms. The zero-order valence-electron chi connectivity index (χ0n) is 18.5. The quantitative estimate of drug-likeness (QED) is 0.226. The number of nitrogens with zero attached hydrogens (tertiary/aromatic N) is 3. The van der Waals surface area contributed by atoms with Crippen LogP contribution in [0.2, 0.25) is 0 Å². The van der Waals surface area contributed by atoms with E-state index in [-0.39, 0.29) is 35.2 Å². The molecule has 176 valence electrons. The molecule has 0 saturated heterocycles. The number of benzene rings is 3. The van der Waals surface area contributed by atoms with Gasteiger partial charge in [0.1, 0.15) is 11.3 Å². The normalized spacial score (nSPS) is 10.3. The van der Waals surface area contributed by atoms with Crippen molar-refractivity contribution in [2.75, 3.05) is 19.5 Å². The summed E-state index contributed by atoms with van der Waals surface area (Å²) in [6.45, 7) is 1.97. The van der Waals surface area contributed by atoms with Gasteiger partial charge in [0, 0.05) is 23.3 Å². The number of nitrogens with one attached hydrogen (secondary N) is 1. The van der Waals surface area contributed by atoms with Gasteiger partial charge in [-0.25, -0.2) is 0 Å². The number of ether oxygens (including phenoxy) is 2. The molecule has 0 radical (unpaired) electrons. The summed E-state index contributed by atoms with van der Waals surface area (Å²) in [5, 5.41) is 31.2. The maximum absolute atomic E-state index is 11.5. The van der Waals surface area contributed by atoms with E-state index in [1.165, 1.54) is 30.6 Å². The lowest BCUT2D eigenvalue weighted by Crippen LogP contribution is -3.00. The number of hydrogen-bond acceptors (Lipinski definition) is 8. The summed E-state index contributed by atoms with van der Waals surface area (Å²) in [6, 6.07) is 17.5. The van der Waals surface area contributed by atoms with Crippen LogP contribution in [0.15, 0.2) is 60.7 Å². The van der Waals surface area contributed by atoms with Crippen LogP contribution in [0.25, 0.3) is 16.3 Å². The molecule has 11 heteroatoms. The SMILES string of the molecule is COc1ccc(C)cc1Nc1n[n+](-c2ccccc2)c(-c2cc([N+](=O)[O-])cc(OC)c2O)s1.[Cl-]. The molecule has 0 fully saturated rings. The molecule has 0 aliphatic heterocycles. The molecule has 0 saturated carbocycles. The fourth-order valence-corrected chi connectivity index (χ4v) is 4.27. The highest BCUT2D eigenvalue weighted by Gasteiger charge is 2.30. The molecule has 0 atom stereocenters. The van der Waals surface area contributed by atoms with Gasteiger partial charge in [0.15, 0.2) is 11.5 Å². The highest BCUT2D eigenvalue weighted by molar-refractivity contribution is 7.18. The Balaban J connectivity index is 0.00000324. The van der Waals surface area contributed by atoms with E-state index < -0.39 is 4.92 Å². The van der Waals surface area contributed by atoms with Gasteiger partial charge in [0.05, 0.1) is 30.9 Å². The zero-order chi connectivity index (χ0) is 23.5. The minimum absolute atomic E-state index is 0. The molecule has 4 rings (SSSR count). The first-order chi connectivity index (χ1) is 15.9. The summed E-state index contributed by atoms with van der Waals surface area (Å²) in [7, 11) is 2.93. The zero-order valence-corrected chi connectivity index (χ0v) is 20.1. The van der Waals surface area contributed by atoms with Crippen LogP contribution < -0.4 is 31.9 Å². The number of nitro benzene ring substituents is 1. The van der Waals surface area contributed by atoms with Gasteiger partial charge in [-0.2, -0.15) is 0 Å². The summed E-state index contributed by atoms with van der Waals surface area (Å²) >= 11 is 1.23. The molecule has 0 unspecified atom stereocenters. The number of halogens is 1. The molecular formula is C23H21ClN4O5S.